The van der Waals surface area contributed by atoms with Gasteiger partial charge in [-0.1, -0.05) is 37.6 Å². The van der Waals surface area contributed by atoms with Crippen molar-refractivity contribution in [2.75, 3.05) is 18.5 Å². The lowest BCUT2D eigenvalue weighted by Crippen LogP contribution is -2.56. The van der Waals surface area contributed by atoms with Crippen LogP contribution in [0.15, 0.2) is 24.3 Å². The number of carbonyl (C=O) groups is 3. The van der Waals surface area contributed by atoms with Gasteiger partial charge in [-0.05, 0) is 37.8 Å². The number of ether oxygens (including phenoxy) is 1. The number of carbonyl (C=O) groups excluding carboxylic acids is 3. The highest BCUT2D eigenvalue weighted by Crippen LogP contribution is 2.67. The first-order valence-electron chi connectivity index (χ1n) is 11.1. The molecule has 9 heteroatoms. The molecule has 2 unspecified atom stereocenters. The molecule has 1 aromatic carbocycles. The first kappa shape index (κ1) is 23.4. The number of thioether (sulfide) groups is 1. The van der Waals surface area contributed by atoms with E-state index in [1.807, 2.05) is 13.8 Å². The summed E-state index contributed by atoms with van der Waals surface area (Å²) in [5.41, 5.74) is 0.469. The topological polar surface area (TPSA) is 95.9 Å². The number of para-hydroxylation sites is 1. The molecule has 2 amide bonds. The molecule has 32 heavy (non-hydrogen) atoms. The maximum atomic E-state index is 13.8. The molecule has 174 valence electrons. The van der Waals surface area contributed by atoms with Crippen molar-refractivity contribution in [1.82, 2.24) is 4.90 Å². The summed E-state index contributed by atoms with van der Waals surface area (Å²) in [5.74, 6) is -2.25. The molecular formula is C23H29ClN2O5S. The summed E-state index contributed by atoms with van der Waals surface area (Å²) < 4.78 is 4.59. The van der Waals surface area contributed by atoms with Crippen molar-refractivity contribution >= 4 is 46.8 Å². The van der Waals surface area contributed by atoms with E-state index >= 15 is 0 Å². The lowest BCUT2D eigenvalue weighted by Gasteiger charge is -2.38. The predicted molar refractivity (Wildman–Crippen MR) is 123 cm³/mol. The van der Waals surface area contributed by atoms with Crippen LogP contribution in [0.3, 0.4) is 0 Å². The third kappa shape index (κ3) is 3.51. The third-order valence-corrected chi connectivity index (χ3v) is 9.27. The summed E-state index contributed by atoms with van der Waals surface area (Å²) in [6.07, 6.45) is 1.40. The van der Waals surface area contributed by atoms with Gasteiger partial charge in [-0.2, -0.15) is 0 Å². The van der Waals surface area contributed by atoms with Crippen molar-refractivity contribution in [2.24, 2.45) is 17.8 Å². The summed E-state index contributed by atoms with van der Waals surface area (Å²) in [7, 11) is 0. The first-order chi connectivity index (χ1) is 15.3. The van der Waals surface area contributed by atoms with Crippen LogP contribution in [0.2, 0.25) is 5.02 Å². The number of hydrogen-bond donors (Lipinski definition) is 2. The summed E-state index contributed by atoms with van der Waals surface area (Å²) in [4.78, 5) is 41.9. The van der Waals surface area contributed by atoms with Gasteiger partial charge in [0.2, 0.25) is 11.8 Å². The van der Waals surface area contributed by atoms with Gasteiger partial charge >= 0.3 is 5.97 Å². The Morgan fingerprint density at radius 3 is 2.72 bits per heavy atom. The number of halogens is 1. The van der Waals surface area contributed by atoms with Crippen LogP contribution in [-0.2, 0) is 19.1 Å². The molecule has 1 spiro atoms. The molecule has 7 nitrogen and oxygen atoms in total. The number of aliphatic hydroxyl groups is 1. The number of anilines is 1. The van der Waals surface area contributed by atoms with Crippen LogP contribution in [0.4, 0.5) is 5.69 Å². The number of amides is 2. The molecule has 3 aliphatic rings. The molecule has 6 atom stereocenters. The maximum Gasteiger partial charge on any atom is 0.310 e. The van der Waals surface area contributed by atoms with Gasteiger partial charge in [0.25, 0.3) is 0 Å². The van der Waals surface area contributed by atoms with E-state index in [1.165, 1.54) is 0 Å². The zero-order chi connectivity index (χ0) is 23.2. The molecule has 3 fully saturated rings. The fourth-order valence-corrected chi connectivity index (χ4v) is 8.01. The number of nitrogens with zero attached hydrogens (tertiary/aromatic N) is 1. The number of likely N-dealkylation sites (tertiary alicyclic amines) is 1. The lowest BCUT2D eigenvalue weighted by atomic mass is 9.71. The van der Waals surface area contributed by atoms with Crippen LogP contribution < -0.4 is 5.32 Å². The molecule has 4 rings (SSSR count). The van der Waals surface area contributed by atoms with E-state index < -0.39 is 28.7 Å². The quantitative estimate of drug-likeness (QED) is 0.582. The predicted octanol–water partition coefficient (Wildman–Crippen LogP) is 2.95. The fraction of sp³-hybridized carbons (Fsp3) is 0.609. The molecule has 0 saturated carbocycles. The van der Waals surface area contributed by atoms with Gasteiger partial charge in [0.05, 0.1) is 46.5 Å². The van der Waals surface area contributed by atoms with Gasteiger partial charge in [0, 0.05) is 5.25 Å². The number of benzene rings is 1. The van der Waals surface area contributed by atoms with Crippen LogP contribution in [0, 0.1) is 17.8 Å². The summed E-state index contributed by atoms with van der Waals surface area (Å²) in [6, 6.07) is 5.60. The second kappa shape index (κ2) is 8.88. The largest absolute Gasteiger partial charge is 0.466 e. The average molecular weight is 481 g/mol. The molecule has 0 radical (unpaired) electrons. The molecule has 3 heterocycles. The number of hydrogen-bond acceptors (Lipinski definition) is 6. The number of rotatable bonds is 7. The SMILES string of the molecule is CCOC(=O)[C@@H]1[C@@H]2CCC3(S2)C(C(=O)Nc2ccccc2Cl)N([C@@H](CO)C(C)C)C(=O)[C@H]13. The summed E-state index contributed by atoms with van der Waals surface area (Å²) in [5, 5.41) is 13.4. The van der Waals surface area contributed by atoms with E-state index in [0.717, 1.165) is 6.42 Å². The van der Waals surface area contributed by atoms with Crippen molar-refractivity contribution in [3.05, 3.63) is 29.3 Å². The normalized spacial score (nSPS) is 31.7. The van der Waals surface area contributed by atoms with Crippen molar-refractivity contribution in [3.8, 4) is 0 Å². The Morgan fingerprint density at radius 2 is 2.09 bits per heavy atom. The van der Waals surface area contributed by atoms with E-state index in [4.69, 9.17) is 16.3 Å². The Hall–Kier alpha value is -1.77. The molecule has 2 N–H and O–H groups in total. The molecule has 3 saturated heterocycles. The zero-order valence-corrected chi connectivity index (χ0v) is 20.0. The summed E-state index contributed by atoms with van der Waals surface area (Å²) >= 11 is 7.84. The lowest BCUT2D eigenvalue weighted by molar-refractivity contribution is -0.154. The molecule has 2 bridgehead atoms. The molecule has 0 aromatic heterocycles. The van der Waals surface area contributed by atoms with Crippen LogP contribution >= 0.6 is 23.4 Å². The van der Waals surface area contributed by atoms with E-state index in [0.29, 0.717) is 17.1 Å². The number of esters is 1. The van der Waals surface area contributed by atoms with Gasteiger partial charge in [0.15, 0.2) is 0 Å². The van der Waals surface area contributed by atoms with Gasteiger partial charge < -0.3 is 20.1 Å². The molecular weight excluding hydrogens is 452 g/mol. The minimum Gasteiger partial charge on any atom is -0.466 e. The van der Waals surface area contributed by atoms with Crippen LogP contribution in [0.5, 0.6) is 0 Å². The van der Waals surface area contributed by atoms with E-state index in [1.54, 1.807) is 47.9 Å². The van der Waals surface area contributed by atoms with Crippen molar-refractivity contribution in [1.29, 1.82) is 0 Å². The number of fused-ring (bicyclic) bond motifs is 1. The highest BCUT2D eigenvalue weighted by Gasteiger charge is 2.74. The van der Waals surface area contributed by atoms with E-state index in [9.17, 15) is 19.5 Å². The fourth-order valence-electron chi connectivity index (χ4n) is 5.64. The van der Waals surface area contributed by atoms with E-state index in [-0.39, 0.29) is 42.2 Å². The maximum absolute atomic E-state index is 13.8. The monoisotopic (exact) mass is 480 g/mol. The first-order valence-corrected chi connectivity index (χ1v) is 12.4. The smallest absolute Gasteiger partial charge is 0.310 e. The highest BCUT2D eigenvalue weighted by molar-refractivity contribution is 8.02. The summed E-state index contributed by atoms with van der Waals surface area (Å²) in [6.45, 7) is 5.55. The highest BCUT2D eigenvalue weighted by atomic mass is 35.5. The van der Waals surface area contributed by atoms with Crippen LogP contribution in [-0.4, -0.2) is 63.1 Å². The molecule has 0 aliphatic carbocycles. The minimum absolute atomic E-state index is 0.0487. The van der Waals surface area contributed by atoms with E-state index in [2.05, 4.69) is 5.32 Å². The van der Waals surface area contributed by atoms with Gasteiger partial charge in [-0.3, -0.25) is 14.4 Å². The Bertz CT molecular complexity index is 927. The number of nitrogens with one attached hydrogen (secondary N) is 1. The Morgan fingerprint density at radius 1 is 1.38 bits per heavy atom. The second-order valence-corrected chi connectivity index (χ2v) is 11.0. The van der Waals surface area contributed by atoms with Crippen molar-refractivity contribution in [3.63, 3.8) is 0 Å². The Kier molecular flexibility index (Phi) is 6.49. The zero-order valence-electron chi connectivity index (χ0n) is 18.4. The molecule has 3 aliphatic heterocycles. The second-order valence-electron chi connectivity index (χ2n) is 9.02. The van der Waals surface area contributed by atoms with Crippen LogP contribution in [0.25, 0.3) is 0 Å². The average Bonchev–Trinajstić information content (AvgIpc) is 3.38. The van der Waals surface area contributed by atoms with Crippen LogP contribution in [0.1, 0.15) is 33.6 Å². The minimum atomic E-state index is -0.815. The van der Waals surface area contributed by atoms with Gasteiger partial charge in [-0.15, -0.1) is 11.8 Å². The standard InChI is InChI=1S/C23H29ClN2O5S/c1-4-31-22(30)17-16-9-10-23(32-16)18(17)21(29)26(15(11-27)12(2)3)19(23)20(28)25-14-8-6-5-7-13(14)24/h5-8,12,15-19,27H,4,9-11H2,1-3H3,(H,25,28)/t15-,16-,17+,18-,19?,23?/m0/s1. The number of aliphatic hydroxyl groups excluding tert-OH is 1. The van der Waals surface area contributed by atoms with Gasteiger partial charge in [-0.25, -0.2) is 0 Å². The third-order valence-electron chi connectivity index (χ3n) is 6.99. The van der Waals surface area contributed by atoms with Crippen molar-refractivity contribution in [2.45, 2.75) is 55.7 Å². The van der Waals surface area contributed by atoms with Gasteiger partial charge in [0.1, 0.15) is 6.04 Å². The molecule has 1 aromatic rings. The Balaban J connectivity index is 1.76. The Labute approximate surface area is 197 Å². The van der Waals surface area contributed by atoms with Crippen molar-refractivity contribution < 1.29 is 24.2 Å².